The summed E-state index contributed by atoms with van der Waals surface area (Å²) in [6.07, 6.45) is 0. The molecule has 0 saturated carbocycles. The minimum atomic E-state index is -0.180. The molecule has 0 atom stereocenters. The Morgan fingerprint density at radius 1 is 1.53 bits per heavy atom. The van der Waals surface area contributed by atoms with Crippen LogP contribution in [0.5, 0.6) is 5.75 Å². The summed E-state index contributed by atoms with van der Waals surface area (Å²) < 4.78 is 0. The third-order valence-electron chi connectivity index (χ3n) is 2.28. The molecule has 0 unspecified atom stereocenters. The molecule has 4 nitrogen and oxygen atoms in total. The molecule has 0 fully saturated rings. The fourth-order valence-electron chi connectivity index (χ4n) is 1.05. The van der Waals surface area contributed by atoms with Crippen LogP contribution >= 0.6 is 0 Å². The Hall–Kier alpha value is -1.71. The lowest BCUT2D eigenvalue weighted by molar-refractivity contribution is 0.224. The summed E-state index contributed by atoms with van der Waals surface area (Å²) in [6.45, 7) is 4.34. The van der Waals surface area contributed by atoms with E-state index in [1.54, 1.807) is 31.0 Å². The average Bonchev–Trinajstić information content (AvgIpc) is 2.22. The summed E-state index contributed by atoms with van der Waals surface area (Å²) in [5.74, 6) is 0.187. The second-order valence-electron chi connectivity index (χ2n) is 3.45. The number of nitrogens with one attached hydrogen (secondary N) is 1. The predicted octanol–water partition coefficient (Wildman–Crippen LogP) is 2.18. The normalized spacial score (nSPS) is 9.80. The molecule has 1 aromatic rings. The molecule has 15 heavy (non-hydrogen) atoms. The van der Waals surface area contributed by atoms with Crippen molar-refractivity contribution in [3.05, 3.63) is 23.8 Å². The largest absolute Gasteiger partial charge is 0.508 e. The first kappa shape index (κ1) is 11.4. The molecule has 1 aromatic carbocycles. The van der Waals surface area contributed by atoms with Crippen molar-refractivity contribution in [1.82, 2.24) is 4.90 Å². The van der Waals surface area contributed by atoms with Crippen LogP contribution in [0.2, 0.25) is 0 Å². The maximum atomic E-state index is 11.5. The number of benzene rings is 1. The van der Waals surface area contributed by atoms with Gasteiger partial charge < -0.3 is 15.3 Å². The standard InChI is InChI=1S/C11H16N2O2/c1-4-13(3)11(15)12-9-6-5-8(2)10(14)7-9/h5-7,14H,4H2,1-3H3,(H,12,15). The highest BCUT2D eigenvalue weighted by molar-refractivity contribution is 5.89. The van der Waals surface area contributed by atoms with Gasteiger partial charge in [0.15, 0.2) is 0 Å². The molecular formula is C11H16N2O2. The predicted molar refractivity (Wildman–Crippen MR) is 60.2 cm³/mol. The molecule has 0 aliphatic heterocycles. The van der Waals surface area contributed by atoms with Gasteiger partial charge >= 0.3 is 6.03 Å². The first-order valence-electron chi connectivity index (χ1n) is 4.86. The van der Waals surface area contributed by atoms with E-state index >= 15 is 0 Å². The van der Waals surface area contributed by atoms with Crippen LogP contribution in [0.1, 0.15) is 12.5 Å². The van der Waals surface area contributed by atoms with E-state index in [0.29, 0.717) is 12.2 Å². The van der Waals surface area contributed by atoms with Gasteiger partial charge in [-0.2, -0.15) is 0 Å². The van der Waals surface area contributed by atoms with Gasteiger partial charge in [0.2, 0.25) is 0 Å². The number of urea groups is 1. The Balaban J connectivity index is 2.73. The maximum Gasteiger partial charge on any atom is 0.321 e. The van der Waals surface area contributed by atoms with Gasteiger partial charge in [-0.05, 0) is 25.5 Å². The quantitative estimate of drug-likeness (QED) is 0.782. The van der Waals surface area contributed by atoms with Crippen molar-refractivity contribution in [3.63, 3.8) is 0 Å². The zero-order chi connectivity index (χ0) is 11.4. The summed E-state index contributed by atoms with van der Waals surface area (Å²) in [6, 6.07) is 4.88. The van der Waals surface area contributed by atoms with E-state index in [-0.39, 0.29) is 11.8 Å². The number of phenols is 1. The Morgan fingerprint density at radius 2 is 2.20 bits per heavy atom. The Kier molecular flexibility index (Phi) is 3.55. The topological polar surface area (TPSA) is 52.6 Å². The number of phenolic OH excluding ortho intramolecular Hbond substituents is 1. The van der Waals surface area contributed by atoms with E-state index < -0.39 is 0 Å². The summed E-state index contributed by atoms with van der Waals surface area (Å²) in [5, 5.41) is 12.1. The molecular weight excluding hydrogens is 192 g/mol. The average molecular weight is 208 g/mol. The number of carbonyl (C=O) groups excluding carboxylic acids is 1. The summed E-state index contributed by atoms with van der Waals surface area (Å²) >= 11 is 0. The fraction of sp³-hybridized carbons (Fsp3) is 0.364. The zero-order valence-corrected chi connectivity index (χ0v) is 9.24. The first-order chi connectivity index (χ1) is 7.04. The molecule has 0 saturated heterocycles. The van der Waals surface area contributed by atoms with Crippen LogP contribution in [0, 0.1) is 6.92 Å². The van der Waals surface area contributed by atoms with Crippen LogP contribution in [-0.2, 0) is 0 Å². The molecule has 0 aromatic heterocycles. The van der Waals surface area contributed by atoms with Crippen LogP contribution in [0.3, 0.4) is 0 Å². The number of rotatable bonds is 2. The minimum Gasteiger partial charge on any atom is -0.508 e. The van der Waals surface area contributed by atoms with Crippen LogP contribution in [0.15, 0.2) is 18.2 Å². The van der Waals surface area contributed by atoms with Crippen molar-refractivity contribution in [3.8, 4) is 5.75 Å². The highest BCUT2D eigenvalue weighted by Crippen LogP contribution is 2.20. The van der Waals surface area contributed by atoms with E-state index in [1.807, 2.05) is 6.92 Å². The third kappa shape index (κ3) is 2.87. The van der Waals surface area contributed by atoms with Gasteiger partial charge in [0.25, 0.3) is 0 Å². The second-order valence-corrected chi connectivity index (χ2v) is 3.45. The molecule has 0 bridgehead atoms. The lowest BCUT2D eigenvalue weighted by Crippen LogP contribution is -2.30. The van der Waals surface area contributed by atoms with Gasteiger partial charge in [-0.3, -0.25) is 0 Å². The number of carbonyl (C=O) groups is 1. The molecule has 2 N–H and O–H groups in total. The van der Waals surface area contributed by atoms with Crippen LogP contribution in [0.4, 0.5) is 10.5 Å². The summed E-state index contributed by atoms with van der Waals surface area (Å²) in [5.41, 5.74) is 1.39. The Morgan fingerprint density at radius 3 is 2.73 bits per heavy atom. The molecule has 1 rings (SSSR count). The summed E-state index contributed by atoms with van der Waals surface area (Å²) in [7, 11) is 1.71. The molecule has 4 heteroatoms. The van der Waals surface area contributed by atoms with Crippen LogP contribution in [-0.4, -0.2) is 29.6 Å². The number of hydrogen-bond acceptors (Lipinski definition) is 2. The highest BCUT2D eigenvalue weighted by Gasteiger charge is 2.06. The van der Waals surface area contributed by atoms with Crippen molar-refractivity contribution in [2.24, 2.45) is 0 Å². The summed E-state index contributed by atoms with van der Waals surface area (Å²) in [4.78, 5) is 13.0. The third-order valence-corrected chi connectivity index (χ3v) is 2.28. The van der Waals surface area contributed by atoms with Crippen molar-refractivity contribution < 1.29 is 9.90 Å². The van der Waals surface area contributed by atoms with E-state index in [0.717, 1.165) is 5.56 Å². The van der Waals surface area contributed by atoms with Gasteiger partial charge in [0.05, 0.1) is 0 Å². The van der Waals surface area contributed by atoms with Gasteiger partial charge in [0.1, 0.15) is 5.75 Å². The van der Waals surface area contributed by atoms with Crippen molar-refractivity contribution in [1.29, 1.82) is 0 Å². The Bertz CT molecular complexity index is 364. The number of hydrogen-bond donors (Lipinski definition) is 2. The molecule has 0 spiro atoms. The number of amides is 2. The van der Waals surface area contributed by atoms with E-state index in [2.05, 4.69) is 5.32 Å². The number of anilines is 1. The van der Waals surface area contributed by atoms with Crippen LogP contribution < -0.4 is 5.32 Å². The molecule has 2 amide bonds. The maximum absolute atomic E-state index is 11.5. The van der Waals surface area contributed by atoms with Crippen molar-refractivity contribution in [2.45, 2.75) is 13.8 Å². The van der Waals surface area contributed by atoms with E-state index in [9.17, 15) is 9.90 Å². The van der Waals surface area contributed by atoms with E-state index in [1.165, 1.54) is 6.07 Å². The SMILES string of the molecule is CCN(C)C(=O)Nc1ccc(C)c(O)c1. The molecule has 0 radical (unpaired) electrons. The van der Waals surface area contributed by atoms with Gasteiger partial charge in [-0.1, -0.05) is 6.07 Å². The monoisotopic (exact) mass is 208 g/mol. The number of nitrogens with zero attached hydrogens (tertiary/aromatic N) is 1. The first-order valence-corrected chi connectivity index (χ1v) is 4.86. The second kappa shape index (κ2) is 4.68. The molecule has 0 heterocycles. The van der Waals surface area contributed by atoms with Crippen LogP contribution in [0.25, 0.3) is 0 Å². The van der Waals surface area contributed by atoms with Gasteiger partial charge in [-0.25, -0.2) is 4.79 Å². The molecule has 0 aliphatic rings. The molecule has 0 aliphatic carbocycles. The van der Waals surface area contributed by atoms with Crippen molar-refractivity contribution in [2.75, 3.05) is 18.9 Å². The Labute approximate surface area is 89.5 Å². The lowest BCUT2D eigenvalue weighted by atomic mass is 10.2. The lowest BCUT2D eigenvalue weighted by Gasteiger charge is -2.15. The minimum absolute atomic E-state index is 0.180. The number of aryl methyl sites for hydroxylation is 1. The van der Waals surface area contributed by atoms with Gasteiger partial charge in [-0.15, -0.1) is 0 Å². The van der Waals surface area contributed by atoms with Crippen molar-refractivity contribution >= 4 is 11.7 Å². The highest BCUT2D eigenvalue weighted by atomic mass is 16.3. The van der Waals surface area contributed by atoms with E-state index in [4.69, 9.17) is 0 Å². The smallest absolute Gasteiger partial charge is 0.321 e. The van der Waals surface area contributed by atoms with Gasteiger partial charge in [0, 0.05) is 25.3 Å². The number of aromatic hydroxyl groups is 1. The molecule has 82 valence electrons. The fourth-order valence-corrected chi connectivity index (χ4v) is 1.05. The zero-order valence-electron chi connectivity index (χ0n) is 9.24.